The quantitative estimate of drug-likeness (QED) is 0.178. The average molecular weight is 718 g/mol. The number of hydrogen-bond donors (Lipinski definition) is 0. The van der Waals surface area contributed by atoms with Gasteiger partial charge in [-0.25, -0.2) is 4.98 Å². The molecule has 5 nitrogen and oxygen atoms in total. The van der Waals surface area contributed by atoms with Gasteiger partial charge in [0.25, 0.3) is 0 Å². The van der Waals surface area contributed by atoms with Crippen molar-refractivity contribution in [3.63, 3.8) is 0 Å². The first kappa shape index (κ1) is 30.8. The molecule has 0 aliphatic rings. The number of hydrogen-bond acceptors (Lipinski definition) is 4. The second-order valence-corrected chi connectivity index (χ2v) is 14.4. The van der Waals surface area contributed by atoms with E-state index < -0.39 is 0 Å². The number of imidazole rings is 1. The summed E-state index contributed by atoms with van der Waals surface area (Å²) in [7, 11) is 0. The Labute approximate surface area is 320 Å². The average Bonchev–Trinajstić information content (AvgIpc) is 3.93. The van der Waals surface area contributed by atoms with Crippen molar-refractivity contribution >= 4 is 93.5 Å². The Morgan fingerprint density at radius 1 is 0.393 bits per heavy atom. The summed E-state index contributed by atoms with van der Waals surface area (Å²) in [5.41, 5.74) is 10.8. The van der Waals surface area contributed by atoms with Crippen LogP contribution in [0, 0.1) is 0 Å². The zero-order valence-electron chi connectivity index (χ0n) is 30.1. The maximum atomic E-state index is 6.32. The van der Waals surface area contributed by atoms with Crippen LogP contribution < -0.4 is 4.90 Å². The van der Waals surface area contributed by atoms with Crippen LogP contribution in [0.2, 0.25) is 0 Å². The first-order valence-electron chi connectivity index (χ1n) is 18.9. The maximum Gasteiger partial charge on any atom is 0.145 e. The number of rotatable bonds is 5. The molecule has 12 aromatic rings. The highest BCUT2D eigenvalue weighted by Gasteiger charge is 2.19. The fourth-order valence-electron chi connectivity index (χ4n) is 8.45. The smallest absolute Gasteiger partial charge is 0.145 e. The maximum absolute atomic E-state index is 6.32. The summed E-state index contributed by atoms with van der Waals surface area (Å²) in [5, 5.41) is 9.05. The SMILES string of the molecule is c1ccc(-n2c(-c3ccc(N(c4ccc5cc6c(cc5c4)oc4ccccc46)c4ccc5cc6c(cc5c4)oc4ccccc46)cc3)nc3ccccc32)cc1. The van der Waals surface area contributed by atoms with Crippen LogP contribution in [0.3, 0.4) is 0 Å². The molecule has 0 aliphatic carbocycles. The van der Waals surface area contributed by atoms with Crippen LogP contribution in [0.5, 0.6) is 0 Å². The predicted octanol–water partition coefficient (Wildman–Crippen LogP) is 14.3. The zero-order chi connectivity index (χ0) is 36.7. The number of aromatic nitrogens is 2. The summed E-state index contributed by atoms with van der Waals surface area (Å²) in [4.78, 5) is 7.46. The molecule has 0 fully saturated rings. The molecule has 0 aliphatic heterocycles. The number of anilines is 3. The molecule has 3 aromatic heterocycles. The van der Waals surface area contributed by atoms with E-state index in [1.54, 1.807) is 0 Å². The van der Waals surface area contributed by atoms with Gasteiger partial charge in [0.15, 0.2) is 0 Å². The van der Waals surface area contributed by atoms with Gasteiger partial charge in [-0.15, -0.1) is 0 Å². The Hall–Kier alpha value is -7.63. The van der Waals surface area contributed by atoms with Crippen LogP contribution in [-0.2, 0) is 0 Å². The highest BCUT2D eigenvalue weighted by molar-refractivity contribution is 6.12. The van der Waals surface area contributed by atoms with Crippen molar-refractivity contribution < 1.29 is 8.83 Å². The van der Waals surface area contributed by atoms with Gasteiger partial charge in [0.1, 0.15) is 28.2 Å². The number of nitrogens with zero attached hydrogens (tertiary/aromatic N) is 3. The standard InChI is InChI=1S/C51H31N3O2/c1-2-10-37(11-3-1)54-46-15-7-6-14-45(46)52-51(54)32-18-22-38(23-19-32)53(39-24-20-33-28-43-41-12-4-8-16-47(41)55-49(43)30-35(33)26-39)40-25-21-34-29-44-42-13-5-9-17-48(42)56-50(44)31-36(34)27-40/h1-31H. The van der Waals surface area contributed by atoms with E-state index in [-0.39, 0.29) is 0 Å². The molecule has 262 valence electrons. The molecule has 0 atom stereocenters. The van der Waals surface area contributed by atoms with Crippen LogP contribution in [0.25, 0.3) is 93.5 Å². The Morgan fingerprint density at radius 3 is 1.55 bits per heavy atom. The summed E-state index contributed by atoms with van der Waals surface area (Å²) in [6.07, 6.45) is 0. The van der Waals surface area contributed by atoms with Crippen LogP contribution in [-0.4, -0.2) is 9.55 Å². The molecule has 0 saturated heterocycles. The third kappa shape index (κ3) is 4.78. The lowest BCUT2D eigenvalue weighted by Gasteiger charge is -2.26. The molecule has 0 spiro atoms. The second-order valence-electron chi connectivity index (χ2n) is 14.4. The molecule has 3 heterocycles. The molecule has 56 heavy (non-hydrogen) atoms. The molecule has 0 saturated carbocycles. The third-order valence-electron chi connectivity index (χ3n) is 11.1. The molecule has 5 heteroatoms. The third-order valence-corrected chi connectivity index (χ3v) is 11.1. The van der Waals surface area contributed by atoms with Crippen LogP contribution >= 0.6 is 0 Å². The van der Waals surface area contributed by atoms with E-state index in [2.05, 4.69) is 161 Å². The molecule has 0 radical (unpaired) electrons. The van der Waals surface area contributed by atoms with Crippen molar-refractivity contribution in [2.45, 2.75) is 0 Å². The minimum Gasteiger partial charge on any atom is -0.456 e. The second kappa shape index (κ2) is 11.9. The van der Waals surface area contributed by atoms with Crippen molar-refractivity contribution in [3.05, 3.63) is 188 Å². The van der Waals surface area contributed by atoms with E-state index in [0.717, 1.165) is 111 Å². The van der Waals surface area contributed by atoms with E-state index in [9.17, 15) is 0 Å². The lowest BCUT2D eigenvalue weighted by atomic mass is 10.0. The van der Waals surface area contributed by atoms with Gasteiger partial charge in [0.05, 0.1) is 11.0 Å². The number of benzene rings is 9. The summed E-state index contributed by atoms with van der Waals surface area (Å²) in [6, 6.07) is 66.2. The molecule has 0 amide bonds. The zero-order valence-corrected chi connectivity index (χ0v) is 30.1. The normalized spacial score (nSPS) is 11.9. The van der Waals surface area contributed by atoms with Crippen LogP contribution in [0.4, 0.5) is 17.1 Å². The van der Waals surface area contributed by atoms with E-state index in [4.69, 9.17) is 13.8 Å². The van der Waals surface area contributed by atoms with E-state index in [1.165, 1.54) is 0 Å². The highest BCUT2D eigenvalue weighted by Crippen LogP contribution is 2.41. The number of fused-ring (bicyclic) bond motifs is 9. The van der Waals surface area contributed by atoms with Gasteiger partial charge in [0.2, 0.25) is 0 Å². The van der Waals surface area contributed by atoms with Crippen molar-refractivity contribution in [2.75, 3.05) is 4.90 Å². The predicted molar refractivity (Wildman–Crippen MR) is 231 cm³/mol. The first-order chi connectivity index (χ1) is 27.7. The first-order valence-corrected chi connectivity index (χ1v) is 18.9. The van der Waals surface area contributed by atoms with Crippen molar-refractivity contribution in [1.82, 2.24) is 9.55 Å². The molecule has 0 unspecified atom stereocenters. The summed E-state index contributed by atoms with van der Waals surface area (Å²) < 4.78 is 14.9. The largest absolute Gasteiger partial charge is 0.456 e. The van der Waals surface area contributed by atoms with Gasteiger partial charge in [-0.3, -0.25) is 4.57 Å². The van der Waals surface area contributed by atoms with Gasteiger partial charge in [-0.05, 0) is 131 Å². The Bertz CT molecular complexity index is 3330. The molecular weight excluding hydrogens is 687 g/mol. The Kier molecular flexibility index (Phi) is 6.56. The molecule has 0 bridgehead atoms. The minimum atomic E-state index is 0.883. The van der Waals surface area contributed by atoms with Gasteiger partial charge in [-0.1, -0.05) is 78.9 Å². The van der Waals surface area contributed by atoms with Crippen LogP contribution in [0.15, 0.2) is 197 Å². The Morgan fingerprint density at radius 2 is 0.929 bits per heavy atom. The highest BCUT2D eigenvalue weighted by atomic mass is 16.3. The van der Waals surface area contributed by atoms with Crippen molar-refractivity contribution in [1.29, 1.82) is 0 Å². The van der Waals surface area contributed by atoms with Gasteiger partial charge in [-0.2, -0.15) is 0 Å². The molecule has 9 aromatic carbocycles. The molecule has 0 N–H and O–H groups in total. The fourth-order valence-corrected chi connectivity index (χ4v) is 8.45. The van der Waals surface area contributed by atoms with E-state index >= 15 is 0 Å². The lowest BCUT2D eigenvalue weighted by molar-refractivity contribution is 0.669. The number of para-hydroxylation sites is 5. The fraction of sp³-hybridized carbons (Fsp3) is 0. The topological polar surface area (TPSA) is 47.3 Å². The minimum absolute atomic E-state index is 0.883. The monoisotopic (exact) mass is 717 g/mol. The van der Waals surface area contributed by atoms with Gasteiger partial charge >= 0.3 is 0 Å². The Balaban J connectivity index is 1.03. The van der Waals surface area contributed by atoms with Crippen LogP contribution in [0.1, 0.15) is 0 Å². The van der Waals surface area contributed by atoms with Crippen molar-refractivity contribution in [2.24, 2.45) is 0 Å². The van der Waals surface area contributed by atoms with E-state index in [0.29, 0.717) is 0 Å². The lowest BCUT2D eigenvalue weighted by Crippen LogP contribution is -2.10. The van der Waals surface area contributed by atoms with Gasteiger partial charge < -0.3 is 13.7 Å². The summed E-state index contributed by atoms with van der Waals surface area (Å²) in [5.74, 6) is 0.900. The summed E-state index contributed by atoms with van der Waals surface area (Å²) in [6.45, 7) is 0. The van der Waals surface area contributed by atoms with E-state index in [1.807, 2.05) is 36.4 Å². The molecule has 12 rings (SSSR count). The molecular formula is C51H31N3O2. The van der Waals surface area contributed by atoms with Crippen molar-refractivity contribution in [3.8, 4) is 17.1 Å². The summed E-state index contributed by atoms with van der Waals surface area (Å²) >= 11 is 0. The van der Waals surface area contributed by atoms with Gasteiger partial charge in [0, 0.05) is 49.9 Å². The number of furan rings is 2.